The maximum absolute atomic E-state index is 4.96. The van der Waals surface area contributed by atoms with Gasteiger partial charge in [-0.05, 0) is 37.3 Å². The van der Waals surface area contributed by atoms with Crippen LogP contribution >= 0.6 is 0 Å². The van der Waals surface area contributed by atoms with E-state index in [2.05, 4.69) is 36.1 Å². The molecule has 4 rings (SSSR count). The molecule has 19 heavy (non-hydrogen) atoms. The summed E-state index contributed by atoms with van der Waals surface area (Å²) in [5, 5.41) is 2.56. The Hall–Kier alpha value is -1.57. The molecule has 0 spiro atoms. The van der Waals surface area contributed by atoms with Gasteiger partial charge in [0.15, 0.2) is 0 Å². The molecule has 3 heterocycles. The van der Waals surface area contributed by atoms with E-state index in [0.717, 1.165) is 12.3 Å². The molecule has 0 radical (unpaired) electrons. The summed E-state index contributed by atoms with van der Waals surface area (Å²) >= 11 is 0. The Morgan fingerprint density at radius 3 is 3.05 bits per heavy atom. The Kier molecular flexibility index (Phi) is 2.51. The van der Waals surface area contributed by atoms with Crippen LogP contribution in [0, 0.1) is 5.92 Å². The Labute approximate surface area is 114 Å². The fourth-order valence-electron chi connectivity index (χ4n) is 3.87. The van der Waals surface area contributed by atoms with Crippen molar-refractivity contribution in [1.29, 1.82) is 0 Å². The highest BCUT2D eigenvalue weighted by Crippen LogP contribution is 2.39. The SMILES string of the molecule is CCC1CCCN2CCC3=c4ccccc4=NC3=C12. The topological polar surface area (TPSA) is 15.6 Å². The predicted octanol–water partition coefficient (Wildman–Crippen LogP) is 2.21. The normalized spacial score (nSPS) is 24.8. The van der Waals surface area contributed by atoms with Crippen molar-refractivity contribution in [2.45, 2.75) is 32.6 Å². The van der Waals surface area contributed by atoms with Crippen molar-refractivity contribution < 1.29 is 0 Å². The maximum Gasteiger partial charge on any atom is 0.0870 e. The molecule has 0 bridgehead atoms. The van der Waals surface area contributed by atoms with Gasteiger partial charge in [-0.15, -0.1) is 0 Å². The molecule has 3 aliphatic heterocycles. The maximum atomic E-state index is 4.96. The third-order valence-corrected chi connectivity index (χ3v) is 4.82. The van der Waals surface area contributed by atoms with Gasteiger partial charge in [0.2, 0.25) is 0 Å². The van der Waals surface area contributed by atoms with Crippen LogP contribution < -0.4 is 10.6 Å². The molecule has 98 valence electrons. The largest absolute Gasteiger partial charge is 0.373 e. The lowest BCUT2D eigenvalue weighted by Crippen LogP contribution is -2.38. The molecule has 1 unspecified atom stereocenters. The number of hydrogen-bond acceptors (Lipinski definition) is 2. The molecule has 0 aromatic heterocycles. The average Bonchev–Trinajstić information content (AvgIpc) is 2.85. The molecule has 1 atom stereocenters. The lowest BCUT2D eigenvalue weighted by Gasteiger charge is -2.41. The quantitative estimate of drug-likeness (QED) is 0.748. The van der Waals surface area contributed by atoms with Crippen molar-refractivity contribution in [2.75, 3.05) is 13.1 Å². The molecule has 1 aromatic carbocycles. The molecule has 0 amide bonds. The van der Waals surface area contributed by atoms with Crippen molar-refractivity contribution in [3.05, 3.63) is 46.2 Å². The molecule has 2 nitrogen and oxygen atoms in total. The third-order valence-electron chi connectivity index (χ3n) is 4.82. The first kappa shape index (κ1) is 11.3. The summed E-state index contributed by atoms with van der Waals surface area (Å²) in [7, 11) is 0. The molecular weight excluding hydrogens is 232 g/mol. The Balaban J connectivity index is 1.97. The second kappa shape index (κ2) is 4.22. The minimum absolute atomic E-state index is 0.720. The summed E-state index contributed by atoms with van der Waals surface area (Å²) in [5.41, 5.74) is 4.37. The standard InChI is InChI=1S/C17H20N2/c1-2-12-6-5-10-19-11-9-14-13-7-3-4-8-15(13)18-16(14)17(12)19/h3-4,7-8,12H,2,5-6,9-11H2,1H3. The van der Waals surface area contributed by atoms with Crippen LogP contribution in [0.1, 0.15) is 32.6 Å². The summed E-state index contributed by atoms with van der Waals surface area (Å²) in [6, 6.07) is 8.63. The highest BCUT2D eigenvalue weighted by molar-refractivity contribution is 5.69. The lowest BCUT2D eigenvalue weighted by molar-refractivity contribution is 0.233. The van der Waals surface area contributed by atoms with Crippen LogP contribution in [0.3, 0.4) is 0 Å². The van der Waals surface area contributed by atoms with Gasteiger partial charge in [0.1, 0.15) is 0 Å². The van der Waals surface area contributed by atoms with E-state index in [1.165, 1.54) is 54.2 Å². The molecule has 3 aliphatic rings. The van der Waals surface area contributed by atoms with Crippen molar-refractivity contribution in [2.24, 2.45) is 10.9 Å². The Morgan fingerprint density at radius 2 is 2.16 bits per heavy atom. The number of nitrogens with zero attached hydrogens (tertiary/aromatic N) is 2. The number of allylic oxidation sites excluding steroid dienone is 2. The number of piperidine rings is 1. The van der Waals surface area contributed by atoms with Gasteiger partial charge < -0.3 is 4.90 Å². The van der Waals surface area contributed by atoms with Gasteiger partial charge in [0.25, 0.3) is 0 Å². The fourth-order valence-corrected chi connectivity index (χ4v) is 3.87. The van der Waals surface area contributed by atoms with Gasteiger partial charge >= 0.3 is 0 Å². The first-order chi connectivity index (χ1) is 9.38. The molecule has 1 saturated heterocycles. The lowest BCUT2D eigenvalue weighted by atomic mass is 9.86. The van der Waals surface area contributed by atoms with Crippen LogP contribution in [-0.4, -0.2) is 18.0 Å². The van der Waals surface area contributed by atoms with E-state index < -0.39 is 0 Å². The van der Waals surface area contributed by atoms with E-state index in [1.54, 1.807) is 5.70 Å². The first-order valence-corrected chi connectivity index (χ1v) is 7.55. The summed E-state index contributed by atoms with van der Waals surface area (Å²) in [4.78, 5) is 7.56. The summed E-state index contributed by atoms with van der Waals surface area (Å²) < 4.78 is 0. The zero-order valence-corrected chi connectivity index (χ0v) is 11.5. The predicted molar refractivity (Wildman–Crippen MR) is 76.9 cm³/mol. The number of fused-ring (bicyclic) bond motifs is 3. The van der Waals surface area contributed by atoms with E-state index in [4.69, 9.17) is 4.99 Å². The molecule has 0 aliphatic carbocycles. The molecule has 1 fully saturated rings. The highest BCUT2D eigenvalue weighted by atomic mass is 15.2. The first-order valence-electron chi connectivity index (χ1n) is 7.55. The van der Waals surface area contributed by atoms with E-state index in [0.29, 0.717) is 0 Å². The van der Waals surface area contributed by atoms with Crippen LogP contribution in [0.4, 0.5) is 0 Å². The Morgan fingerprint density at radius 1 is 1.26 bits per heavy atom. The van der Waals surface area contributed by atoms with Crippen LogP contribution in [0.15, 0.2) is 40.7 Å². The summed E-state index contributed by atoms with van der Waals surface area (Å²) in [6.07, 6.45) is 5.09. The van der Waals surface area contributed by atoms with Gasteiger partial charge in [-0.3, -0.25) is 0 Å². The molecule has 1 aromatic rings. The zero-order valence-electron chi connectivity index (χ0n) is 11.5. The monoisotopic (exact) mass is 252 g/mol. The van der Waals surface area contributed by atoms with Gasteiger partial charge in [-0.2, -0.15) is 0 Å². The average molecular weight is 252 g/mol. The molecule has 2 heteroatoms. The third kappa shape index (κ3) is 1.59. The fraction of sp³-hybridized carbons (Fsp3) is 0.471. The molecular formula is C17H20N2. The smallest absolute Gasteiger partial charge is 0.0870 e. The zero-order chi connectivity index (χ0) is 12.8. The minimum Gasteiger partial charge on any atom is -0.373 e. The van der Waals surface area contributed by atoms with E-state index in [-0.39, 0.29) is 0 Å². The van der Waals surface area contributed by atoms with Crippen LogP contribution in [0.2, 0.25) is 0 Å². The summed E-state index contributed by atoms with van der Waals surface area (Å²) in [5.74, 6) is 0.720. The Bertz CT molecular complexity index is 669. The van der Waals surface area contributed by atoms with Crippen molar-refractivity contribution in [3.63, 3.8) is 0 Å². The van der Waals surface area contributed by atoms with Gasteiger partial charge in [-0.1, -0.05) is 25.1 Å². The second-order valence-corrected chi connectivity index (χ2v) is 5.83. The van der Waals surface area contributed by atoms with Crippen molar-refractivity contribution in [3.8, 4) is 0 Å². The minimum atomic E-state index is 0.720. The summed E-state index contributed by atoms with van der Waals surface area (Å²) in [6.45, 7) is 4.74. The van der Waals surface area contributed by atoms with Crippen LogP contribution in [-0.2, 0) is 0 Å². The number of para-hydroxylation sites is 1. The van der Waals surface area contributed by atoms with Gasteiger partial charge in [-0.25, -0.2) is 4.99 Å². The molecule has 0 N–H and O–H groups in total. The van der Waals surface area contributed by atoms with E-state index >= 15 is 0 Å². The van der Waals surface area contributed by atoms with Gasteiger partial charge in [0, 0.05) is 29.9 Å². The van der Waals surface area contributed by atoms with Gasteiger partial charge in [0.05, 0.1) is 11.1 Å². The number of rotatable bonds is 1. The second-order valence-electron chi connectivity index (χ2n) is 5.83. The van der Waals surface area contributed by atoms with Crippen molar-refractivity contribution in [1.82, 2.24) is 4.90 Å². The van der Waals surface area contributed by atoms with Crippen LogP contribution in [0.5, 0.6) is 0 Å². The van der Waals surface area contributed by atoms with Crippen LogP contribution in [0.25, 0.3) is 5.57 Å². The van der Waals surface area contributed by atoms with E-state index in [9.17, 15) is 0 Å². The van der Waals surface area contributed by atoms with Crippen molar-refractivity contribution >= 4 is 5.57 Å². The number of benzene rings is 1. The highest BCUT2D eigenvalue weighted by Gasteiger charge is 2.32. The van der Waals surface area contributed by atoms with E-state index in [1.807, 2.05) is 0 Å². The molecule has 0 saturated carbocycles. The number of hydrogen-bond donors (Lipinski definition) is 0.